The van der Waals surface area contributed by atoms with Gasteiger partial charge in [-0.1, -0.05) is 29.2 Å². The summed E-state index contributed by atoms with van der Waals surface area (Å²) in [6.07, 6.45) is 2.29. The SMILES string of the molecule is CCn1c(SCC(=O)Nc2cc(C)ccc2OC)nc2nc(N3CCCC3)sc2c1=O. The fourth-order valence-electron chi connectivity index (χ4n) is 3.55. The molecule has 2 aromatic heterocycles. The maximum absolute atomic E-state index is 13.0. The van der Waals surface area contributed by atoms with E-state index in [-0.39, 0.29) is 17.2 Å². The average molecular weight is 460 g/mol. The summed E-state index contributed by atoms with van der Waals surface area (Å²) < 4.78 is 7.50. The van der Waals surface area contributed by atoms with E-state index in [0.29, 0.717) is 33.5 Å². The van der Waals surface area contributed by atoms with Gasteiger partial charge < -0.3 is 15.0 Å². The third-order valence-electron chi connectivity index (χ3n) is 5.12. The third-order valence-corrected chi connectivity index (χ3v) is 7.19. The van der Waals surface area contributed by atoms with Gasteiger partial charge in [-0.2, -0.15) is 4.98 Å². The van der Waals surface area contributed by atoms with Gasteiger partial charge in [-0.05, 0) is 44.4 Å². The number of methoxy groups -OCH3 is 1. The average Bonchev–Trinajstić information content (AvgIpc) is 3.42. The van der Waals surface area contributed by atoms with E-state index in [1.165, 1.54) is 23.1 Å². The number of nitrogens with zero attached hydrogens (tertiary/aromatic N) is 4. The summed E-state index contributed by atoms with van der Waals surface area (Å²) in [4.78, 5) is 37.0. The molecule has 8 nitrogen and oxygen atoms in total. The van der Waals surface area contributed by atoms with E-state index < -0.39 is 0 Å². The van der Waals surface area contributed by atoms with E-state index in [9.17, 15) is 9.59 Å². The topological polar surface area (TPSA) is 89.3 Å². The van der Waals surface area contributed by atoms with E-state index in [4.69, 9.17) is 4.74 Å². The number of aryl methyl sites for hydroxylation is 1. The highest BCUT2D eigenvalue weighted by atomic mass is 32.2. The largest absolute Gasteiger partial charge is 0.495 e. The summed E-state index contributed by atoms with van der Waals surface area (Å²) in [5.41, 5.74) is 2.01. The zero-order valence-electron chi connectivity index (χ0n) is 17.8. The quantitative estimate of drug-likeness (QED) is 0.427. The summed E-state index contributed by atoms with van der Waals surface area (Å²) in [7, 11) is 1.57. The second-order valence-electron chi connectivity index (χ2n) is 7.33. The molecule has 0 unspecified atom stereocenters. The van der Waals surface area contributed by atoms with Crippen molar-refractivity contribution in [3.63, 3.8) is 0 Å². The lowest BCUT2D eigenvalue weighted by atomic mass is 10.2. The molecule has 0 spiro atoms. The van der Waals surface area contributed by atoms with Gasteiger partial charge in [0.05, 0.1) is 18.6 Å². The van der Waals surface area contributed by atoms with Crippen molar-refractivity contribution in [1.29, 1.82) is 0 Å². The van der Waals surface area contributed by atoms with Gasteiger partial charge in [-0.3, -0.25) is 14.2 Å². The van der Waals surface area contributed by atoms with Crippen LogP contribution in [0.4, 0.5) is 10.8 Å². The molecule has 164 valence electrons. The zero-order chi connectivity index (χ0) is 22.0. The zero-order valence-corrected chi connectivity index (χ0v) is 19.4. The van der Waals surface area contributed by atoms with E-state index in [1.54, 1.807) is 11.7 Å². The van der Waals surface area contributed by atoms with Crippen LogP contribution in [0.5, 0.6) is 5.75 Å². The minimum atomic E-state index is -0.193. The molecule has 0 bridgehead atoms. The predicted molar refractivity (Wildman–Crippen MR) is 126 cm³/mol. The number of fused-ring (bicyclic) bond motifs is 1. The number of ether oxygens (including phenoxy) is 1. The molecule has 1 amide bonds. The van der Waals surface area contributed by atoms with Gasteiger partial charge in [0.1, 0.15) is 10.4 Å². The molecule has 3 aromatic rings. The number of hydrogen-bond donors (Lipinski definition) is 1. The molecule has 0 saturated carbocycles. The van der Waals surface area contributed by atoms with Crippen molar-refractivity contribution < 1.29 is 9.53 Å². The summed E-state index contributed by atoms with van der Waals surface area (Å²) in [6, 6.07) is 5.61. The highest BCUT2D eigenvalue weighted by Gasteiger charge is 2.21. The fourth-order valence-corrected chi connectivity index (χ4v) is 5.40. The second kappa shape index (κ2) is 9.27. The van der Waals surface area contributed by atoms with Gasteiger partial charge in [0.15, 0.2) is 15.9 Å². The molecule has 0 aliphatic carbocycles. The normalized spacial score (nSPS) is 13.7. The Balaban J connectivity index is 1.54. The maximum Gasteiger partial charge on any atom is 0.273 e. The summed E-state index contributed by atoms with van der Waals surface area (Å²) in [5.74, 6) is 0.533. The predicted octanol–water partition coefficient (Wildman–Crippen LogP) is 3.52. The Morgan fingerprint density at radius 2 is 2.06 bits per heavy atom. The Labute approximate surface area is 188 Å². The van der Waals surface area contributed by atoms with Crippen molar-refractivity contribution in [2.45, 2.75) is 38.4 Å². The van der Waals surface area contributed by atoms with Crippen LogP contribution in [-0.2, 0) is 11.3 Å². The van der Waals surface area contributed by atoms with Crippen molar-refractivity contribution in [3.05, 3.63) is 34.1 Å². The molecule has 0 atom stereocenters. The van der Waals surface area contributed by atoms with Crippen LogP contribution >= 0.6 is 23.1 Å². The molecule has 4 rings (SSSR count). The van der Waals surface area contributed by atoms with Crippen LogP contribution in [0, 0.1) is 6.92 Å². The van der Waals surface area contributed by atoms with Gasteiger partial charge in [-0.15, -0.1) is 0 Å². The van der Waals surface area contributed by atoms with Crippen LogP contribution in [0.1, 0.15) is 25.3 Å². The Bertz CT molecular complexity index is 1170. The maximum atomic E-state index is 13.0. The summed E-state index contributed by atoms with van der Waals surface area (Å²) in [6.45, 7) is 6.26. The van der Waals surface area contributed by atoms with Gasteiger partial charge in [-0.25, -0.2) is 4.98 Å². The molecule has 1 fully saturated rings. The number of amides is 1. The fraction of sp³-hybridized carbons (Fsp3) is 0.429. The van der Waals surface area contributed by atoms with Crippen LogP contribution in [-0.4, -0.2) is 46.4 Å². The van der Waals surface area contributed by atoms with Crippen molar-refractivity contribution >= 4 is 50.2 Å². The van der Waals surface area contributed by atoms with Crippen LogP contribution in [0.25, 0.3) is 10.3 Å². The van der Waals surface area contributed by atoms with Crippen LogP contribution in [0.3, 0.4) is 0 Å². The Morgan fingerprint density at radius 3 is 2.77 bits per heavy atom. The number of carbonyl (C=O) groups is 1. The van der Waals surface area contributed by atoms with E-state index in [1.807, 2.05) is 32.0 Å². The minimum Gasteiger partial charge on any atom is -0.495 e. The van der Waals surface area contributed by atoms with Gasteiger partial charge in [0.25, 0.3) is 5.56 Å². The van der Waals surface area contributed by atoms with E-state index in [0.717, 1.165) is 36.6 Å². The van der Waals surface area contributed by atoms with Crippen molar-refractivity contribution in [3.8, 4) is 5.75 Å². The summed E-state index contributed by atoms with van der Waals surface area (Å²) >= 11 is 2.64. The van der Waals surface area contributed by atoms with Gasteiger partial charge in [0.2, 0.25) is 5.91 Å². The van der Waals surface area contributed by atoms with Crippen LogP contribution in [0.15, 0.2) is 28.2 Å². The highest BCUT2D eigenvalue weighted by molar-refractivity contribution is 7.99. The molecule has 31 heavy (non-hydrogen) atoms. The molecule has 3 heterocycles. The van der Waals surface area contributed by atoms with Crippen LogP contribution in [0.2, 0.25) is 0 Å². The smallest absolute Gasteiger partial charge is 0.273 e. The van der Waals surface area contributed by atoms with Gasteiger partial charge >= 0.3 is 0 Å². The van der Waals surface area contributed by atoms with Gasteiger partial charge in [0, 0.05) is 19.6 Å². The number of hydrogen-bond acceptors (Lipinski definition) is 8. The number of aromatic nitrogens is 3. The van der Waals surface area contributed by atoms with Crippen molar-refractivity contribution in [2.24, 2.45) is 0 Å². The molecule has 1 aliphatic heterocycles. The first-order valence-corrected chi connectivity index (χ1v) is 12.0. The molecule has 1 aromatic carbocycles. The standard InChI is InChI=1S/C21H25N5O3S2/c1-4-26-19(28)17-18(23-20(31-17)25-9-5-6-10-25)24-21(26)30-12-16(27)22-14-11-13(2)7-8-15(14)29-3/h7-8,11H,4-6,9-10,12H2,1-3H3,(H,22,27). The third kappa shape index (κ3) is 4.54. The molecule has 10 heteroatoms. The Hall–Kier alpha value is -2.59. The van der Waals surface area contributed by atoms with E-state index >= 15 is 0 Å². The molecule has 1 N–H and O–H groups in total. The number of thiazole rings is 1. The highest BCUT2D eigenvalue weighted by Crippen LogP contribution is 2.30. The minimum absolute atomic E-state index is 0.0984. The Morgan fingerprint density at radius 1 is 1.29 bits per heavy atom. The van der Waals surface area contributed by atoms with Crippen molar-refractivity contribution in [1.82, 2.24) is 14.5 Å². The van der Waals surface area contributed by atoms with E-state index in [2.05, 4.69) is 20.2 Å². The molecule has 1 saturated heterocycles. The number of carbonyl (C=O) groups excluding carboxylic acids is 1. The lowest BCUT2D eigenvalue weighted by molar-refractivity contribution is -0.113. The monoisotopic (exact) mass is 459 g/mol. The second-order valence-corrected chi connectivity index (χ2v) is 9.25. The number of nitrogens with one attached hydrogen (secondary N) is 1. The Kier molecular flexibility index (Phi) is 6.47. The number of thioether (sulfide) groups is 1. The lowest BCUT2D eigenvalue weighted by Crippen LogP contribution is -2.23. The number of anilines is 2. The molecular weight excluding hydrogens is 434 g/mol. The molecular formula is C21H25N5O3S2. The molecule has 1 aliphatic rings. The first-order chi connectivity index (χ1) is 15.0. The molecule has 0 radical (unpaired) electrons. The first kappa shape index (κ1) is 21.6. The van der Waals surface area contributed by atoms with Crippen molar-refractivity contribution in [2.75, 3.05) is 36.2 Å². The summed E-state index contributed by atoms with van der Waals surface area (Å²) in [5, 5.41) is 4.24. The number of rotatable bonds is 7. The lowest BCUT2D eigenvalue weighted by Gasteiger charge is -2.12. The van der Waals surface area contributed by atoms with Crippen LogP contribution < -0.4 is 20.5 Å². The first-order valence-electron chi connectivity index (χ1n) is 10.2. The number of benzene rings is 1.